The molecule has 1 N–H and O–H groups in total. The molecule has 1 saturated heterocycles. The summed E-state index contributed by atoms with van der Waals surface area (Å²) in [4.78, 5) is 16.1. The smallest absolute Gasteiger partial charge is 0.338 e. The summed E-state index contributed by atoms with van der Waals surface area (Å²) in [5, 5.41) is 12.8. The second-order valence-electron chi connectivity index (χ2n) is 7.61. The first-order valence-electron chi connectivity index (χ1n) is 9.72. The van der Waals surface area contributed by atoms with E-state index in [0.717, 1.165) is 27.5 Å². The Kier molecular flexibility index (Phi) is 4.45. The van der Waals surface area contributed by atoms with Crippen molar-refractivity contribution in [3.05, 3.63) is 71.0 Å². The molecule has 6 nitrogen and oxygen atoms in total. The van der Waals surface area contributed by atoms with E-state index in [0.29, 0.717) is 50.6 Å². The molecule has 6 heteroatoms. The van der Waals surface area contributed by atoms with Crippen LogP contribution in [0.15, 0.2) is 48.8 Å². The van der Waals surface area contributed by atoms with Crippen molar-refractivity contribution in [1.29, 1.82) is 0 Å². The molecule has 2 aliphatic heterocycles. The number of aromatic nitrogens is 1. The van der Waals surface area contributed by atoms with Gasteiger partial charge in [-0.25, -0.2) is 4.79 Å². The highest BCUT2D eigenvalue weighted by Crippen LogP contribution is 2.32. The predicted molar refractivity (Wildman–Crippen MR) is 106 cm³/mol. The first-order chi connectivity index (χ1) is 14.1. The first-order valence-corrected chi connectivity index (χ1v) is 9.72. The van der Waals surface area contributed by atoms with Gasteiger partial charge in [0.05, 0.1) is 11.2 Å². The summed E-state index contributed by atoms with van der Waals surface area (Å²) in [5.41, 5.74) is 2.34. The summed E-state index contributed by atoms with van der Waals surface area (Å²) in [6.45, 7) is 1.77. The molecule has 3 heterocycles. The SMILES string of the molecule is O=C1OCc2cc3ccc(OCc4cncc(C5(O)CCOCC5)c4)cc3cc21. The van der Waals surface area contributed by atoms with Crippen LogP contribution in [-0.2, 0) is 28.3 Å². The van der Waals surface area contributed by atoms with Gasteiger partial charge < -0.3 is 19.3 Å². The zero-order valence-corrected chi connectivity index (χ0v) is 15.9. The lowest BCUT2D eigenvalue weighted by atomic mass is 9.87. The van der Waals surface area contributed by atoms with Crippen LogP contribution >= 0.6 is 0 Å². The molecule has 0 amide bonds. The molecule has 29 heavy (non-hydrogen) atoms. The van der Waals surface area contributed by atoms with Crippen molar-refractivity contribution in [2.24, 2.45) is 0 Å². The Morgan fingerprint density at radius 2 is 1.93 bits per heavy atom. The third-order valence-corrected chi connectivity index (χ3v) is 5.67. The van der Waals surface area contributed by atoms with Crippen LogP contribution in [0.3, 0.4) is 0 Å². The van der Waals surface area contributed by atoms with Crippen LogP contribution in [0.1, 0.15) is 39.9 Å². The zero-order chi connectivity index (χ0) is 19.8. The number of esters is 1. The van der Waals surface area contributed by atoms with Gasteiger partial charge in [0.2, 0.25) is 0 Å². The van der Waals surface area contributed by atoms with Gasteiger partial charge in [0, 0.05) is 55.1 Å². The molecule has 0 atom stereocenters. The lowest BCUT2D eigenvalue weighted by molar-refractivity contribution is -0.0681. The molecule has 0 bridgehead atoms. The predicted octanol–water partition coefficient (Wildman–Crippen LogP) is 3.48. The van der Waals surface area contributed by atoms with Gasteiger partial charge in [0.1, 0.15) is 19.0 Å². The topological polar surface area (TPSA) is 77.9 Å². The molecule has 0 unspecified atom stereocenters. The Morgan fingerprint density at radius 1 is 1.07 bits per heavy atom. The summed E-state index contributed by atoms with van der Waals surface area (Å²) in [6, 6.07) is 11.6. The lowest BCUT2D eigenvalue weighted by Crippen LogP contribution is -2.33. The Morgan fingerprint density at radius 3 is 2.79 bits per heavy atom. The summed E-state index contributed by atoms with van der Waals surface area (Å²) in [6.07, 6.45) is 4.59. The molecule has 0 spiro atoms. The highest BCUT2D eigenvalue weighted by Gasteiger charge is 2.32. The van der Waals surface area contributed by atoms with Crippen molar-refractivity contribution in [3.63, 3.8) is 0 Å². The normalized spacial score (nSPS) is 17.8. The number of carbonyl (C=O) groups is 1. The first kappa shape index (κ1) is 18.1. The van der Waals surface area contributed by atoms with Gasteiger partial charge in [-0.05, 0) is 41.1 Å². The van der Waals surface area contributed by atoms with Gasteiger partial charge in [-0.2, -0.15) is 0 Å². The van der Waals surface area contributed by atoms with E-state index in [-0.39, 0.29) is 5.97 Å². The molecule has 5 rings (SSSR count). The molecule has 3 aromatic rings. The number of hydrogen-bond acceptors (Lipinski definition) is 6. The minimum Gasteiger partial charge on any atom is -0.489 e. The fourth-order valence-electron chi connectivity index (χ4n) is 3.93. The van der Waals surface area contributed by atoms with Crippen molar-refractivity contribution >= 4 is 16.7 Å². The number of carbonyl (C=O) groups excluding carboxylic acids is 1. The molecule has 1 fully saturated rings. The second kappa shape index (κ2) is 7.13. The molecule has 2 aliphatic rings. The standard InChI is InChI=1S/C23H21NO5/c25-22-21-10-17-9-20(2-1-16(17)8-18(21)14-29-22)28-13-15-7-19(12-24-11-15)23(26)3-5-27-6-4-23/h1-2,7-12,26H,3-6,13-14H2. The second-order valence-corrected chi connectivity index (χ2v) is 7.61. The summed E-state index contributed by atoms with van der Waals surface area (Å²) < 4.78 is 16.4. The van der Waals surface area contributed by atoms with Gasteiger partial charge in [0.15, 0.2) is 0 Å². The van der Waals surface area contributed by atoms with Gasteiger partial charge in [-0.3, -0.25) is 4.98 Å². The molecule has 0 saturated carbocycles. The Hall–Kier alpha value is -2.96. The highest BCUT2D eigenvalue weighted by atomic mass is 16.5. The number of nitrogens with zero attached hydrogens (tertiary/aromatic N) is 1. The molecule has 0 radical (unpaired) electrons. The van der Waals surface area contributed by atoms with Crippen LogP contribution in [0.25, 0.3) is 10.8 Å². The van der Waals surface area contributed by atoms with Crippen molar-refractivity contribution < 1.29 is 24.1 Å². The maximum Gasteiger partial charge on any atom is 0.338 e. The minimum absolute atomic E-state index is 0.276. The van der Waals surface area contributed by atoms with E-state index in [2.05, 4.69) is 4.98 Å². The minimum atomic E-state index is -0.890. The highest BCUT2D eigenvalue weighted by molar-refractivity contribution is 5.99. The largest absolute Gasteiger partial charge is 0.489 e. The molecule has 0 aliphatic carbocycles. The van der Waals surface area contributed by atoms with Crippen LogP contribution in [0.5, 0.6) is 5.75 Å². The van der Waals surface area contributed by atoms with Gasteiger partial charge >= 0.3 is 5.97 Å². The third kappa shape index (κ3) is 3.45. The molecule has 2 aromatic carbocycles. The van der Waals surface area contributed by atoms with Crippen molar-refractivity contribution in [2.45, 2.75) is 31.7 Å². The van der Waals surface area contributed by atoms with Crippen LogP contribution in [0.4, 0.5) is 0 Å². The van der Waals surface area contributed by atoms with Crippen LogP contribution in [0.2, 0.25) is 0 Å². The molecular formula is C23H21NO5. The maximum atomic E-state index is 11.8. The quantitative estimate of drug-likeness (QED) is 0.686. The average Bonchev–Trinajstić information content (AvgIpc) is 3.11. The Bertz CT molecular complexity index is 1090. The summed E-state index contributed by atoms with van der Waals surface area (Å²) in [5.74, 6) is 0.432. The number of ether oxygens (including phenoxy) is 3. The number of cyclic esters (lactones) is 1. The number of benzene rings is 2. The Balaban J connectivity index is 1.35. The molecule has 1 aromatic heterocycles. The van der Waals surface area contributed by atoms with Gasteiger partial charge in [-0.1, -0.05) is 6.07 Å². The third-order valence-electron chi connectivity index (χ3n) is 5.67. The van der Waals surface area contributed by atoms with E-state index in [1.54, 1.807) is 12.4 Å². The number of rotatable bonds is 4. The monoisotopic (exact) mass is 391 g/mol. The van der Waals surface area contributed by atoms with Crippen molar-refractivity contribution in [1.82, 2.24) is 4.98 Å². The Labute approximate surface area is 168 Å². The fourth-order valence-corrected chi connectivity index (χ4v) is 3.93. The summed E-state index contributed by atoms with van der Waals surface area (Å²) >= 11 is 0. The van der Waals surface area contributed by atoms with Crippen molar-refractivity contribution in [2.75, 3.05) is 13.2 Å². The van der Waals surface area contributed by atoms with E-state index in [1.807, 2.05) is 36.4 Å². The lowest BCUT2D eigenvalue weighted by Gasteiger charge is -2.32. The average molecular weight is 391 g/mol. The number of hydrogen-bond donors (Lipinski definition) is 1. The number of pyridine rings is 1. The fraction of sp³-hybridized carbons (Fsp3) is 0.304. The van der Waals surface area contributed by atoms with Crippen molar-refractivity contribution in [3.8, 4) is 5.75 Å². The van der Waals surface area contributed by atoms with E-state index in [4.69, 9.17) is 14.2 Å². The van der Waals surface area contributed by atoms with Gasteiger partial charge in [-0.15, -0.1) is 0 Å². The van der Waals surface area contributed by atoms with Crippen LogP contribution < -0.4 is 4.74 Å². The molecule has 148 valence electrons. The van der Waals surface area contributed by atoms with Crippen LogP contribution in [0, 0.1) is 0 Å². The van der Waals surface area contributed by atoms with Crippen LogP contribution in [-0.4, -0.2) is 29.3 Å². The van der Waals surface area contributed by atoms with Gasteiger partial charge in [0.25, 0.3) is 0 Å². The maximum absolute atomic E-state index is 11.8. The molecular weight excluding hydrogens is 370 g/mol. The van der Waals surface area contributed by atoms with E-state index < -0.39 is 5.60 Å². The van der Waals surface area contributed by atoms with E-state index >= 15 is 0 Å². The van der Waals surface area contributed by atoms with E-state index in [1.165, 1.54) is 0 Å². The van der Waals surface area contributed by atoms with E-state index in [9.17, 15) is 9.90 Å². The zero-order valence-electron chi connectivity index (χ0n) is 15.9. The number of fused-ring (bicyclic) bond motifs is 2. The summed E-state index contributed by atoms with van der Waals surface area (Å²) in [7, 11) is 0. The number of aliphatic hydroxyl groups is 1.